The first-order chi connectivity index (χ1) is 11.7. The van der Waals surface area contributed by atoms with Gasteiger partial charge in [-0.3, -0.25) is 4.79 Å². The second-order valence-corrected chi connectivity index (χ2v) is 5.67. The Hall–Kier alpha value is -2.79. The zero-order chi connectivity index (χ0) is 16.9. The zero-order valence-electron chi connectivity index (χ0n) is 13.6. The van der Waals surface area contributed by atoms with Gasteiger partial charge in [0.15, 0.2) is 0 Å². The van der Waals surface area contributed by atoms with Crippen molar-refractivity contribution in [3.63, 3.8) is 0 Å². The van der Waals surface area contributed by atoms with E-state index in [0.717, 1.165) is 16.8 Å². The first-order valence-corrected chi connectivity index (χ1v) is 7.98. The maximum atomic E-state index is 12.1. The van der Waals surface area contributed by atoms with Gasteiger partial charge in [0.25, 0.3) is 5.91 Å². The lowest BCUT2D eigenvalue weighted by molar-refractivity contribution is 0.0944. The summed E-state index contributed by atoms with van der Waals surface area (Å²) < 4.78 is 0. The van der Waals surface area contributed by atoms with Crippen LogP contribution in [0.15, 0.2) is 48.7 Å². The molecule has 24 heavy (non-hydrogen) atoms. The number of fused-ring (bicyclic) bond motifs is 1. The van der Waals surface area contributed by atoms with E-state index in [1.807, 2.05) is 31.3 Å². The molecular weight excluding hydrogens is 302 g/mol. The quantitative estimate of drug-likeness (QED) is 0.563. The molecule has 1 aromatic heterocycles. The Morgan fingerprint density at radius 3 is 2.83 bits per heavy atom. The normalized spacial score (nSPS) is 10.8. The number of carbonyl (C=O) groups is 1. The summed E-state index contributed by atoms with van der Waals surface area (Å²) in [6.45, 7) is 2.79. The predicted octanol–water partition coefficient (Wildman–Crippen LogP) is 2.81. The number of aliphatic hydroxyl groups excluding tert-OH is 1. The molecule has 1 heterocycles. The van der Waals surface area contributed by atoms with Gasteiger partial charge in [0, 0.05) is 41.4 Å². The molecule has 0 fully saturated rings. The number of aromatic nitrogens is 1. The topological polar surface area (TPSA) is 77.2 Å². The number of amides is 1. The van der Waals surface area contributed by atoms with E-state index in [0.29, 0.717) is 12.1 Å². The van der Waals surface area contributed by atoms with Crippen LogP contribution in [0.4, 0.5) is 5.69 Å². The molecule has 1 amide bonds. The summed E-state index contributed by atoms with van der Waals surface area (Å²) in [5.41, 5.74) is 4.76. The van der Waals surface area contributed by atoms with Crippen LogP contribution >= 0.6 is 0 Å². The van der Waals surface area contributed by atoms with Crippen molar-refractivity contribution >= 4 is 22.5 Å². The number of aromatic amines is 1. The summed E-state index contributed by atoms with van der Waals surface area (Å²) in [6, 6.07) is 13.9. The van der Waals surface area contributed by atoms with Crippen LogP contribution in [0.25, 0.3) is 10.9 Å². The van der Waals surface area contributed by atoms with Crippen LogP contribution in [-0.4, -0.2) is 29.1 Å². The smallest absolute Gasteiger partial charge is 0.251 e. The fraction of sp³-hybridized carbons (Fsp3) is 0.211. The molecule has 2 aromatic carbocycles. The van der Waals surface area contributed by atoms with Gasteiger partial charge in [0.1, 0.15) is 0 Å². The minimum absolute atomic E-state index is 0.0661. The first kappa shape index (κ1) is 16.1. The van der Waals surface area contributed by atoms with Gasteiger partial charge in [-0.15, -0.1) is 0 Å². The molecule has 0 atom stereocenters. The van der Waals surface area contributed by atoms with Gasteiger partial charge in [-0.1, -0.05) is 18.2 Å². The lowest BCUT2D eigenvalue weighted by Crippen LogP contribution is -2.27. The number of aliphatic hydroxyl groups is 1. The molecule has 0 radical (unpaired) electrons. The highest BCUT2D eigenvalue weighted by molar-refractivity contribution is 5.97. The summed E-state index contributed by atoms with van der Waals surface area (Å²) in [4.78, 5) is 15.3. The molecule has 0 saturated carbocycles. The molecule has 124 valence electrons. The molecule has 5 nitrogen and oxygen atoms in total. The average Bonchev–Trinajstić information content (AvgIpc) is 3.08. The van der Waals surface area contributed by atoms with Gasteiger partial charge in [-0.05, 0) is 42.3 Å². The van der Waals surface area contributed by atoms with E-state index in [9.17, 15) is 4.79 Å². The van der Waals surface area contributed by atoms with Gasteiger partial charge in [-0.25, -0.2) is 0 Å². The van der Waals surface area contributed by atoms with Gasteiger partial charge in [0.2, 0.25) is 0 Å². The van der Waals surface area contributed by atoms with Crippen LogP contribution in [-0.2, 0) is 6.54 Å². The molecule has 0 aliphatic carbocycles. The summed E-state index contributed by atoms with van der Waals surface area (Å²) >= 11 is 0. The Bertz CT molecular complexity index is 855. The van der Waals surface area contributed by atoms with E-state index in [1.165, 1.54) is 10.9 Å². The maximum Gasteiger partial charge on any atom is 0.251 e. The number of H-pyrrole nitrogens is 1. The van der Waals surface area contributed by atoms with E-state index in [4.69, 9.17) is 5.11 Å². The van der Waals surface area contributed by atoms with Gasteiger partial charge in [-0.2, -0.15) is 0 Å². The Morgan fingerprint density at radius 2 is 2.00 bits per heavy atom. The molecule has 0 aliphatic rings. The third kappa shape index (κ3) is 3.26. The van der Waals surface area contributed by atoms with Crippen LogP contribution in [0.3, 0.4) is 0 Å². The average molecular weight is 323 g/mol. The molecule has 0 bridgehead atoms. The van der Waals surface area contributed by atoms with Crippen molar-refractivity contribution in [3.05, 3.63) is 65.4 Å². The van der Waals surface area contributed by atoms with E-state index in [1.54, 1.807) is 6.07 Å². The monoisotopic (exact) mass is 323 g/mol. The number of hydrogen-bond acceptors (Lipinski definition) is 3. The van der Waals surface area contributed by atoms with Crippen molar-refractivity contribution in [2.45, 2.75) is 13.5 Å². The molecule has 0 aliphatic heterocycles. The number of benzene rings is 2. The Kier molecular flexibility index (Phi) is 4.82. The fourth-order valence-electron chi connectivity index (χ4n) is 2.83. The highest BCUT2D eigenvalue weighted by Crippen LogP contribution is 2.22. The highest BCUT2D eigenvalue weighted by atomic mass is 16.3. The zero-order valence-corrected chi connectivity index (χ0v) is 13.6. The fourth-order valence-corrected chi connectivity index (χ4v) is 2.83. The van der Waals surface area contributed by atoms with Crippen LogP contribution in [0, 0.1) is 6.92 Å². The lowest BCUT2D eigenvalue weighted by Gasteiger charge is -2.14. The molecular formula is C19H21N3O2. The standard InChI is InChI=1S/C19H21N3O2/c1-13-15(19(24)21-10-11-23)5-3-6-17(13)22-12-14-4-2-7-18-16(14)8-9-20-18/h2-9,20,22-23H,10-12H2,1H3,(H,21,24). The third-order valence-electron chi connectivity index (χ3n) is 4.13. The van der Waals surface area contributed by atoms with E-state index in [2.05, 4.69) is 33.8 Å². The third-order valence-corrected chi connectivity index (χ3v) is 4.13. The minimum atomic E-state index is -0.169. The summed E-state index contributed by atoms with van der Waals surface area (Å²) in [6.07, 6.45) is 1.94. The largest absolute Gasteiger partial charge is 0.395 e. The number of carbonyl (C=O) groups excluding carboxylic acids is 1. The number of anilines is 1. The van der Waals surface area contributed by atoms with Crippen LogP contribution < -0.4 is 10.6 Å². The van der Waals surface area contributed by atoms with Crippen molar-refractivity contribution in [2.75, 3.05) is 18.5 Å². The molecule has 3 rings (SSSR count). The van der Waals surface area contributed by atoms with Crippen LogP contribution in [0.2, 0.25) is 0 Å². The molecule has 3 aromatic rings. The van der Waals surface area contributed by atoms with Crippen LogP contribution in [0.1, 0.15) is 21.5 Å². The molecule has 0 spiro atoms. The Balaban J connectivity index is 1.78. The van der Waals surface area contributed by atoms with Crippen LogP contribution in [0.5, 0.6) is 0 Å². The summed E-state index contributed by atoms with van der Waals surface area (Å²) in [5, 5.41) is 16.1. The van der Waals surface area contributed by atoms with Crippen molar-refractivity contribution in [1.82, 2.24) is 10.3 Å². The maximum absolute atomic E-state index is 12.1. The van der Waals surface area contributed by atoms with Crippen molar-refractivity contribution in [1.29, 1.82) is 0 Å². The predicted molar refractivity (Wildman–Crippen MR) is 96.2 cm³/mol. The van der Waals surface area contributed by atoms with E-state index in [-0.39, 0.29) is 19.1 Å². The molecule has 5 heteroatoms. The molecule has 0 unspecified atom stereocenters. The summed E-state index contributed by atoms with van der Waals surface area (Å²) in [7, 11) is 0. The summed E-state index contributed by atoms with van der Waals surface area (Å²) in [5.74, 6) is -0.169. The van der Waals surface area contributed by atoms with Gasteiger partial charge in [0.05, 0.1) is 6.61 Å². The second-order valence-electron chi connectivity index (χ2n) is 5.67. The number of nitrogens with one attached hydrogen (secondary N) is 3. The number of hydrogen-bond donors (Lipinski definition) is 4. The number of rotatable bonds is 6. The van der Waals surface area contributed by atoms with Gasteiger partial charge < -0.3 is 20.7 Å². The SMILES string of the molecule is Cc1c(NCc2cccc3[nH]ccc23)cccc1C(=O)NCCO. The van der Waals surface area contributed by atoms with Gasteiger partial charge >= 0.3 is 0 Å². The highest BCUT2D eigenvalue weighted by Gasteiger charge is 2.11. The lowest BCUT2D eigenvalue weighted by atomic mass is 10.1. The second kappa shape index (κ2) is 7.19. The van der Waals surface area contributed by atoms with Crippen molar-refractivity contribution < 1.29 is 9.90 Å². The van der Waals surface area contributed by atoms with E-state index >= 15 is 0 Å². The first-order valence-electron chi connectivity index (χ1n) is 7.98. The minimum Gasteiger partial charge on any atom is -0.395 e. The molecule has 4 N–H and O–H groups in total. The Morgan fingerprint density at radius 1 is 1.17 bits per heavy atom. The Labute approximate surface area is 140 Å². The van der Waals surface area contributed by atoms with E-state index < -0.39 is 0 Å². The van der Waals surface area contributed by atoms with Crippen molar-refractivity contribution in [3.8, 4) is 0 Å². The molecule has 0 saturated heterocycles. The van der Waals surface area contributed by atoms with Crippen molar-refractivity contribution in [2.24, 2.45) is 0 Å².